The third-order valence-corrected chi connectivity index (χ3v) is 5.70. The first-order chi connectivity index (χ1) is 12.1. The molecule has 1 aromatic heterocycles. The summed E-state index contributed by atoms with van der Waals surface area (Å²) in [4.78, 5) is 18.7. The van der Waals surface area contributed by atoms with Gasteiger partial charge in [0.15, 0.2) is 5.82 Å². The molecule has 1 saturated heterocycles. The number of nitrogens with two attached hydrogens (primary N) is 1. The van der Waals surface area contributed by atoms with E-state index in [2.05, 4.69) is 10.1 Å². The van der Waals surface area contributed by atoms with Crippen molar-refractivity contribution in [3.8, 4) is 0 Å². The number of rotatable bonds is 3. The van der Waals surface area contributed by atoms with Gasteiger partial charge in [-0.25, -0.2) is 0 Å². The zero-order chi connectivity index (χ0) is 17.4. The maximum Gasteiger partial charge on any atom is 0.232 e. The van der Waals surface area contributed by atoms with Gasteiger partial charge in [0, 0.05) is 13.5 Å². The van der Waals surface area contributed by atoms with E-state index < -0.39 is 5.54 Å². The van der Waals surface area contributed by atoms with Gasteiger partial charge in [0.2, 0.25) is 11.8 Å². The van der Waals surface area contributed by atoms with Crippen LogP contribution < -0.4 is 5.73 Å². The highest BCUT2D eigenvalue weighted by Gasteiger charge is 2.41. The number of nitrogens with zero attached hydrogens (tertiary/aromatic N) is 3. The third kappa shape index (κ3) is 3.23. The first kappa shape index (κ1) is 18.9. The van der Waals surface area contributed by atoms with Crippen LogP contribution in [-0.2, 0) is 10.3 Å². The molecule has 2 heterocycles. The maximum atomic E-state index is 12.3. The quantitative estimate of drug-likeness (QED) is 0.888. The van der Waals surface area contributed by atoms with E-state index in [0.717, 1.165) is 31.2 Å². The zero-order valence-corrected chi connectivity index (χ0v) is 15.7. The smallest absolute Gasteiger partial charge is 0.232 e. The molecule has 1 amide bonds. The van der Waals surface area contributed by atoms with Crippen LogP contribution in [0.25, 0.3) is 0 Å². The van der Waals surface area contributed by atoms with Crippen molar-refractivity contribution < 1.29 is 9.32 Å². The maximum absolute atomic E-state index is 12.3. The van der Waals surface area contributed by atoms with Crippen molar-refractivity contribution in [3.05, 3.63) is 47.6 Å². The molecule has 2 atom stereocenters. The van der Waals surface area contributed by atoms with E-state index in [1.165, 1.54) is 0 Å². The number of hydrogen-bond donors (Lipinski definition) is 1. The molecular formula is C19H25ClN4O2. The minimum Gasteiger partial charge on any atom is -0.339 e. The Hall–Kier alpha value is -1.92. The first-order valence-electron chi connectivity index (χ1n) is 9.02. The van der Waals surface area contributed by atoms with Crippen LogP contribution in [0.2, 0.25) is 0 Å². The summed E-state index contributed by atoms with van der Waals surface area (Å²) in [5.74, 6) is 1.36. The van der Waals surface area contributed by atoms with Crippen LogP contribution in [0.5, 0.6) is 0 Å². The normalized spacial score (nSPS) is 25.2. The molecule has 1 saturated carbocycles. The van der Waals surface area contributed by atoms with Crippen LogP contribution in [0.3, 0.4) is 0 Å². The molecule has 2 fully saturated rings. The Kier molecular flexibility index (Phi) is 5.34. The fraction of sp³-hybridized carbons (Fsp3) is 0.526. The lowest BCUT2D eigenvalue weighted by atomic mass is 9.84. The molecule has 2 N–H and O–H groups in total. The Morgan fingerprint density at radius 1 is 1.23 bits per heavy atom. The van der Waals surface area contributed by atoms with Gasteiger partial charge in [0.1, 0.15) is 0 Å². The molecule has 0 radical (unpaired) electrons. The molecular weight excluding hydrogens is 352 g/mol. The molecule has 6 nitrogen and oxygen atoms in total. The minimum atomic E-state index is -0.458. The van der Waals surface area contributed by atoms with E-state index in [-0.39, 0.29) is 30.3 Å². The van der Waals surface area contributed by atoms with Gasteiger partial charge >= 0.3 is 0 Å². The number of halogens is 1. The molecule has 0 spiro atoms. The summed E-state index contributed by atoms with van der Waals surface area (Å²) in [5, 5.41) is 4.20. The second kappa shape index (κ2) is 7.37. The fourth-order valence-electron chi connectivity index (χ4n) is 4.22. The summed E-state index contributed by atoms with van der Waals surface area (Å²) in [6.07, 6.45) is 5.22. The minimum absolute atomic E-state index is 0. The van der Waals surface area contributed by atoms with Crippen LogP contribution >= 0.6 is 12.4 Å². The van der Waals surface area contributed by atoms with E-state index >= 15 is 0 Å². The second-order valence-corrected chi connectivity index (χ2v) is 7.32. The molecule has 1 aliphatic carbocycles. The van der Waals surface area contributed by atoms with Gasteiger partial charge in [-0.3, -0.25) is 4.79 Å². The Morgan fingerprint density at radius 2 is 1.92 bits per heavy atom. The average molecular weight is 377 g/mol. The van der Waals surface area contributed by atoms with Crippen molar-refractivity contribution >= 4 is 18.3 Å². The third-order valence-electron chi connectivity index (χ3n) is 5.70. The van der Waals surface area contributed by atoms with E-state index in [4.69, 9.17) is 10.3 Å². The molecule has 2 aromatic rings. The molecule has 4 rings (SSSR count). The number of aromatic nitrogens is 2. The van der Waals surface area contributed by atoms with Crippen LogP contribution in [-0.4, -0.2) is 28.0 Å². The van der Waals surface area contributed by atoms with E-state index in [0.29, 0.717) is 24.6 Å². The number of likely N-dealkylation sites (N-methyl/N-ethyl adjacent to an activating group) is 1. The van der Waals surface area contributed by atoms with Gasteiger partial charge in [-0.1, -0.05) is 48.3 Å². The van der Waals surface area contributed by atoms with E-state index in [9.17, 15) is 4.79 Å². The molecule has 1 aromatic carbocycles. The Morgan fingerprint density at radius 3 is 2.62 bits per heavy atom. The Balaban J connectivity index is 0.00000196. The summed E-state index contributed by atoms with van der Waals surface area (Å²) in [6.45, 7) is 0. The van der Waals surface area contributed by atoms with Crippen molar-refractivity contribution in [3.63, 3.8) is 0 Å². The Labute approximate surface area is 159 Å². The number of hydrogen-bond acceptors (Lipinski definition) is 5. The van der Waals surface area contributed by atoms with Crippen molar-refractivity contribution in [2.75, 3.05) is 7.05 Å². The van der Waals surface area contributed by atoms with Crippen molar-refractivity contribution in [2.45, 2.75) is 56.0 Å². The van der Waals surface area contributed by atoms with Crippen LogP contribution in [0.15, 0.2) is 34.9 Å². The van der Waals surface area contributed by atoms with Crippen molar-refractivity contribution in [2.24, 2.45) is 5.73 Å². The number of likely N-dealkylation sites (tertiary alicyclic amines) is 1. The second-order valence-electron chi connectivity index (χ2n) is 7.32. The summed E-state index contributed by atoms with van der Waals surface area (Å²) in [6, 6.07) is 9.97. The Bertz CT molecular complexity index is 758. The molecule has 7 heteroatoms. The highest BCUT2D eigenvalue weighted by molar-refractivity contribution is 5.85. The van der Waals surface area contributed by atoms with E-state index in [1.807, 2.05) is 37.4 Å². The van der Waals surface area contributed by atoms with Crippen molar-refractivity contribution in [1.82, 2.24) is 15.0 Å². The zero-order valence-electron chi connectivity index (χ0n) is 14.9. The topological polar surface area (TPSA) is 85.2 Å². The lowest BCUT2D eigenvalue weighted by Crippen LogP contribution is -2.39. The average Bonchev–Trinajstić information content (AvgIpc) is 3.28. The molecule has 1 aliphatic heterocycles. The number of amides is 1. The molecule has 26 heavy (non-hydrogen) atoms. The number of carbonyl (C=O) groups excluding carboxylic acids is 1. The first-order valence-corrected chi connectivity index (χ1v) is 9.02. The summed E-state index contributed by atoms with van der Waals surface area (Å²) in [5.41, 5.74) is 7.10. The monoisotopic (exact) mass is 376 g/mol. The van der Waals surface area contributed by atoms with Crippen LogP contribution in [0, 0.1) is 0 Å². The highest BCUT2D eigenvalue weighted by atomic mass is 35.5. The molecule has 140 valence electrons. The molecule has 2 unspecified atom stereocenters. The lowest BCUT2D eigenvalue weighted by Gasteiger charge is -2.37. The van der Waals surface area contributed by atoms with Gasteiger partial charge in [0.05, 0.1) is 17.5 Å². The summed E-state index contributed by atoms with van der Waals surface area (Å²) < 4.78 is 5.64. The largest absolute Gasteiger partial charge is 0.339 e. The number of carbonyl (C=O) groups is 1. The van der Waals surface area contributed by atoms with Gasteiger partial charge in [-0.15, -0.1) is 12.4 Å². The van der Waals surface area contributed by atoms with Crippen LogP contribution in [0.1, 0.15) is 67.8 Å². The molecule has 2 aliphatic rings. The summed E-state index contributed by atoms with van der Waals surface area (Å²) >= 11 is 0. The molecule has 0 bridgehead atoms. The number of piperidine rings is 1. The van der Waals surface area contributed by atoms with Crippen molar-refractivity contribution in [1.29, 1.82) is 0 Å². The fourth-order valence-corrected chi connectivity index (χ4v) is 4.22. The predicted octanol–water partition coefficient (Wildman–Crippen LogP) is 3.30. The van der Waals surface area contributed by atoms with Gasteiger partial charge in [-0.2, -0.15) is 4.98 Å². The predicted molar refractivity (Wildman–Crippen MR) is 99.8 cm³/mol. The van der Waals surface area contributed by atoms with Gasteiger partial charge in [0.25, 0.3) is 0 Å². The van der Waals surface area contributed by atoms with Gasteiger partial charge < -0.3 is 15.2 Å². The SMILES string of the molecule is CN1C(=O)CCC(c2nc(C3(N)CCCC3)no2)C1c1ccccc1.Cl. The number of benzene rings is 1. The van der Waals surface area contributed by atoms with Gasteiger partial charge in [-0.05, 0) is 24.8 Å². The lowest BCUT2D eigenvalue weighted by molar-refractivity contribution is -0.135. The standard InChI is InChI=1S/C19H24N4O2.ClH/c1-23-15(24)10-9-14(16(23)13-7-3-2-4-8-13)17-21-18(22-25-17)19(20)11-5-6-12-19;/h2-4,7-8,14,16H,5-6,9-12,20H2,1H3;1H. The highest BCUT2D eigenvalue weighted by Crippen LogP contribution is 2.42. The van der Waals surface area contributed by atoms with Crippen LogP contribution in [0.4, 0.5) is 0 Å². The van der Waals surface area contributed by atoms with E-state index in [1.54, 1.807) is 4.90 Å². The summed E-state index contributed by atoms with van der Waals surface area (Å²) in [7, 11) is 1.85.